The lowest BCUT2D eigenvalue weighted by atomic mass is 10.4. The minimum absolute atomic E-state index is 0.269. The third kappa shape index (κ3) is 1.63. The highest BCUT2D eigenvalue weighted by Gasteiger charge is 2.25. The van der Waals surface area contributed by atoms with Crippen molar-refractivity contribution in [3.8, 4) is 0 Å². The van der Waals surface area contributed by atoms with E-state index in [0.29, 0.717) is 11.5 Å². The summed E-state index contributed by atoms with van der Waals surface area (Å²) in [5.41, 5.74) is 4.66. The van der Waals surface area contributed by atoms with Crippen molar-refractivity contribution in [2.45, 2.75) is 0 Å². The molecule has 0 atom stereocenters. The second-order valence-corrected chi connectivity index (χ2v) is 3.23. The van der Waals surface area contributed by atoms with Gasteiger partial charge in [0, 0.05) is 27.3 Å². The van der Waals surface area contributed by atoms with Crippen molar-refractivity contribution in [1.82, 2.24) is 25.2 Å². The summed E-state index contributed by atoms with van der Waals surface area (Å²) in [5, 5.41) is 10.6. The number of urea groups is 1. The molecule has 79 valence electrons. The molecule has 1 aliphatic heterocycles. The van der Waals surface area contributed by atoms with Crippen LogP contribution in [0.15, 0.2) is 17.4 Å². The van der Waals surface area contributed by atoms with Crippen LogP contribution in [0.1, 0.15) is 5.69 Å². The predicted molar refractivity (Wildman–Crippen MR) is 52.8 cm³/mol. The number of hydrazone groups is 1. The van der Waals surface area contributed by atoms with Gasteiger partial charge in [-0.15, -0.1) is 10.5 Å². The smallest absolute Gasteiger partial charge is 0.275 e. The van der Waals surface area contributed by atoms with Crippen LogP contribution in [0.5, 0.6) is 0 Å². The maximum atomic E-state index is 11.3. The summed E-state index contributed by atoms with van der Waals surface area (Å²) >= 11 is 0. The summed E-state index contributed by atoms with van der Waals surface area (Å²) in [6.45, 7) is 0. The van der Waals surface area contributed by atoms with Crippen LogP contribution in [0.4, 0.5) is 4.79 Å². The minimum Gasteiger partial charge on any atom is -0.275 e. The van der Waals surface area contributed by atoms with Crippen LogP contribution >= 0.6 is 0 Å². The first-order valence-corrected chi connectivity index (χ1v) is 4.39. The SMILES string of the molecule is CN1[N]C(c2ccn(C)n2)=NN(C)C1=O. The van der Waals surface area contributed by atoms with Crippen LogP contribution in [0, 0.1) is 0 Å². The van der Waals surface area contributed by atoms with E-state index in [1.165, 1.54) is 10.0 Å². The Morgan fingerprint density at radius 3 is 2.47 bits per heavy atom. The van der Waals surface area contributed by atoms with Crippen molar-refractivity contribution < 1.29 is 4.79 Å². The van der Waals surface area contributed by atoms with E-state index in [4.69, 9.17) is 0 Å². The predicted octanol–water partition coefficient (Wildman–Crippen LogP) is -0.402. The van der Waals surface area contributed by atoms with Crippen molar-refractivity contribution in [2.24, 2.45) is 12.1 Å². The number of aromatic nitrogens is 2. The van der Waals surface area contributed by atoms with Gasteiger partial charge in [-0.05, 0) is 6.07 Å². The van der Waals surface area contributed by atoms with Crippen molar-refractivity contribution in [3.05, 3.63) is 18.0 Å². The molecule has 7 nitrogen and oxygen atoms in total. The van der Waals surface area contributed by atoms with Gasteiger partial charge in [-0.1, -0.05) is 0 Å². The van der Waals surface area contributed by atoms with Crippen molar-refractivity contribution >= 4 is 11.9 Å². The molecule has 0 fully saturated rings. The van der Waals surface area contributed by atoms with E-state index in [1.807, 2.05) is 7.05 Å². The molecule has 2 heterocycles. The monoisotopic (exact) mass is 207 g/mol. The molecule has 0 aromatic carbocycles. The number of nitrogens with zero attached hydrogens (tertiary/aromatic N) is 6. The average Bonchev–Trinajstić information content (AvgIpc) is 2.60. The largest absolute Gasteiger partial charge is 0.360 e. The zero-order valence-electron chi connectivity index (χ0n) is 8.75. The van der Waals surface area contributed by atoms with E-state index in [1.54, 1.807) is 31.0 Å². The van der Waals surface area contributed by atoms with Gasteiger partial charge in [-0.25, -0.2) is 14.8 Å². The third-order valence-electron chi connectivity index (χ3n) is 1.99. The van der Waals surface area contributed by atoms with Crippen LogP contribution < -0.4 is 5.43 Å². The molecule has 7 heteroatoms. The Balaban J connectivity index is 2.31. The summed E-state index contributed by atoms with van der Waals surface area (Å²) in [4.78, 5) is 11.3. The molecule has 15 heavy (non-hydrogen) atoms. The molecular weight excluding hydrogens is 196 g/mol. The van der Waals surface area contributed by atoms with E-state index in [-0.39, 0.29) is 6.03 Å². The Morgan fingerprint density at radius 1 is 1.20 bits per heavy atom. The lowest BCUT2D eigenvalue weighted by Gasteiger charge is -2.25. The van der Waals surface area contributed by atoms with Crippen molar-refractivity contribution in [1.29, 1.82) is 0 Å². The van der Waals surface area contributed by atoms with E-state index in [0.717, 1.165) is 0 Å². The van der Waals surface area contributed by atoms with Crippen LogP contribution in [0.3, 0.4) is 0 Å². The summed E-state index contributed by atoms with van der Waals surface area (Å²) in [6, 6.07) is 1.52. The van der Waals surface area contributed by atoms with Gasteiger partial charge >= 0.3 is 6.03 Å². The first-order valence-electron chi connectivity index (χ1n) is 4.39. The molecule has 2 rings (SSSR count). The highest BCUT2D eigenvalue weighted by molar-refractivity contribution is 5.99. The van der Waals surface area contributed by atoms with Gasteiger partial charge in [0.25, 0.3) is 0 Å². The lowest BCUT2D eigenvalue weighted by molar-refractivity contribution is 0.155. The molecular formula is C8H11N6O. The lowest BCUT2D eigenvalue weighted by Crippen LogP contribution is -2.48. The Labute approximate surface area is 86.9 Å². The molecule has 0 spiro atoms. The number of hydrogen-bond acceptors (Lipinski definition) is 3. The fraction of sp³-hybridized carbons (Fsp3) is 0.375. The van der Waals surface area contributed by atoms with Gasteiger partial charge in [0.05, 0.1) is 0 Å². The zero-order valence-corrected chi connectivity index (χ0v) is 8.75. The molecule has 2 amide bonds. The minimum atomic E-state index is -0.269. The van der Waals surface area contributed by atoms with Gasteiger partial charge in [0.2, 0.25) is 5.84 Å². The number of carbonyl (C=O) groups excluding carboxylic acids is 1. The number of amidine groups is 1. The van der Waals surface area contributed by atoms with Crippen LogP contribution in [-0.2, 0) is 7.05 Å². The molecule has 1 radical (unpaired) electrons. The summed E-state index contributed by atoms with van der Waals surface area (Å²) in [5.74, 6) is 0.431. The van der Waals surface area contributed by atoms with E-state index < -0.39 is 0 Å². The number of hydrogen-bond donors (Lipinski definition) is 0. The van der Waals surface area contributed by atoms with Crippen LogP contribution in [0.2, 0.25) is 0 Å². The summed E-state index contributed by atoms with van der Waals surface area (Å²) in [6.07, 6.45) is 1.80. The van der Waals surface area contributed by atoms with Gasteiger partial charge < -0.3 is 0 Å². The van der Waals surface area contributed by atoms with E-state index in [2.05, 4.69) is 15.6 Å². The Hall–Kier alpha value is -2.05. The molecule has 0 unspecified atom stereocenters. The van der Waals surface area contributed by atoms with Gasteiger partial charge in [-0.2, -0.15) is 5.10 Å². The second-order valence-electron chi connectivity index (χ2n) is 3.23. The van der Waals surface area contributed by atoms with Gasteiger partial charge in [-0.3, -0.25) is 4.68 Å². The van der Waals surface area contributed by atoms with Crippen molar-refractivity contribution in [3.63, 3.8) is 0 Å². The summed E-state index contributed by atoms with van der Waals surface area (Å²) < 4.78 is 1.66. The highest BCUT2D eigenvalue weighted by Crippen LogP contribution is 2.05. The molecule has 0 bridgehead atoms. The molecule has 0 saturated carbocycles. The topological polar surface area (TPSA) is 67.8 Å². The molecule has 1 aromatic rings. The standard InChI is InChI=1S/C8H11N6O/c1-12-5-4-6(9-12)7-10-13(2)8(15)14(3)11-7/h4-5H,1-3H3. The van der Waals surface area contributed by atoms with Crippen LogP contribution in [0.25, 0.3) is 0 Å². The Bertz CT molecular complexity index is 423. The second kappa shape index (κ2) is 3.26. The van der Waals surface area contributed by atoms with Crippen LogP contribution in [-0.4, -0.2) is 45.8 Å². The average molecular weight is 207 g/mol. The molecule has 1 aromatic heterocycles. The number of aryl methyl sites for hydroxylation is 1. The number of carbonyl (C=O) groups is 1. The quantitative estimate of drug-likeness (QED) is 0.628. The van der Waals surface area contributed by atoms with E-state index >= 15 is 0 Å². The maximum Gasteiger partial charge on any atom is 0.360 e. The summed E-state index contributed by atoms with van der Waals surface area (Å²) in [7, 11) is 4.97. The van der Waals surface area contributed by atoms with E-state index in [9.17, 15) is 4.79 Å². The first-order chi connectivity index (χ1) is 7.08. The molecule has 0 aliphatic carbocycles. The van der Waals surface area contributed by atoms with Gasteiger partial charge in [0.1, 0.15) is 5.69 Å². The molecule has 0 N–H and O–H groups in total. The third-order valence-corrected chi connectivity index (χ3v) is 1.99. The Kier molecular flexibility index (Phi) is 2.07. The van der Waals surface area contributed by atoms with Gasteiger partial charge in [0.15, 0.2) is 0 Å². The fourth-order valence-corrected chi connectivity index (χ4v) is 1.24. The maximum absolute atomic E-state index is 11.3. The number of amides is 2. The molecule has 1 aliphatic rings. The fourth-order valence-electron chi connectivity index (χ4n) is 1.24. The number of rotatable bonds is 1. The normalized spacial score (nSPS) is 16.5. The Morgan fingerprint density at radius 2 is 1.93 bits per heavy atom. The molecule has 0 saturated heterocycles. The highest BCUT2D eigenvalue weighted by atomic mass is 16.2. The van der Waals surface area contributed by atoms with Crippen molar-refractivity contribution in [2.75, 3.05) is 14.1 Å². The zero-order chi connectivity index (χ0) is 11.0. The first kappa shape index (κ1) is 9.50.